The maximum atomic E-state index is 12.6. The summed E-state index contributed by atoms with van der Waals surface area (Å²) in [5.74, 6) is -0.521. The molecule has 9 nitrogen and oxygen atoms in total. The molecule has 1 aromatic heterocycles. The summed E-state index contributed by atoms with van der Waals surface area (Å²) >= 11 is 1.23. The van der Waals surface area contributed by atoms with Gasteiger partial charge in [0.25, 0.3) is 21.6 Å². The van der Waals surface area contributed by atoms with Gasteiger partial charge < -0.3 is 0 Å². The number of carbonyl (C=O) groups is 1. The van der Waals surface area contributed by atoms with Crippen molar-refractivity contribution in [1.82, 2.24) is 4.98 Å². The van der Waals surface area contributed by atoms with Gasteiger partial charge in [-0.05, 0) is 24.3 Å². The molecule has 0 aliphatic heterocycles. The van der Waals surface area contributed by atoms with Gasteiger partial charge in [-0.15, -0.1) is 11.3 Å². The molecule has 2 aromatic carbocycles. The van der Waals surface area contributed by atoms with Crippen LogP contribution in [-0.4, -0.2) is 24.2 Å². The number of anilines is 2. The van der Waals surface area contributed by atoms with E-state index in [0.717, 1.165) is 24.3 Å². The second-order valence-electron chi connectivity index (χ2n) is 5.19. The third-order valence-electron chi connectivity index (χ3n) is 3.43. The molecular weight excluding hydrogens is 392 g/mol. The van der Waals surface area contributed by atoms with E-state index >= 15 is 0 Å². The second-order valence-corrected chi connectivity index (χ2v) is 7.77. The first-order valence-electron chi connectivity index (χ1n) is 7.44. The quantitative estimate of drug-likeness (QED) is 0.479. The Labute approximate surface area is 157 Å². The monoisotopic (exact) mass is 404 g/mol. The van der Waals surface area contributed by atoms with Gasteiger partial charge in [0.2, 0.25) is 0 Å². The lowest BCUT2D eigenvalue weighted by Gasteiger charge is -2.12. The Morgan fingerprint density at radius 1 is 1.11 bits per heavy atom. The van der Waals surface area contributed by atoms with Crippen LogP contribution in [0.15, 0.2) is 65.0 Å². The fourth-order valence-corrected chi connectivity index (χ4v) is 3.77. The summed E-state index contributed by atoms with van der Waals surface area (Å²) in [6.45, 7) is 0. The van der Waals surface area contributed by atoms with E-state index in [1.165, 1.54) is 29.7 Å². The Bertz CT molecular complexity index is 1080. The lowest BCUT2D eigenvalue weighted by molar-refractivity contribution is -0.384. The van der Waals surface area contributed by atoms with Crippen LogP contribution in [0, 0.1) is 10.1 Å². The van der Waals surface area contributed by atoms with Crippen molar-refractivity contribution in [3.63, 3.8) is 0 Å². The van der Waals surface area contributed by atoms with E-state index in [1.54, 1.807) is 17.5 Å². The van der Waals surface area contributed by atoms with Crippen molar-refractivity contribution in [3.8, 4) is 0 Å². The van der Waals surface area contributed by atoms with Gasteiger partial charge in [0.1, 0.15) is 0 Å². The van der Waals surface area contributed by atoms with E-state index in [1.807, 2.05) is 0 Å². The van der Waals surface area contributed by atoms with Gasteiger partial charge in [-0.3, -0.25) is 24.9 Å². The summed E-state index contributed by atoms with van der Waals surface area (Å²) in [5, 5.41) is 15.4. The van der Waals surface area contributed by atoms with Crippen LogP contribution in [0.2, 0.25) is 0 Å². The zero-order valence-electron chi connectivity index (χ0n) is 13.5. The van der Waals surface area contributed by atoms with Crippen molar-refractivity contribution in [2.24, 2.45) is 0 Å². The molecule has 0 saturated carbocycles. The molecule has 0 atom stereocenters. The van der Waals surface area contributed by atoms with Crippen LogP contribution in [0.3, 0.4) is 0 Å². The van der Waals surface area contributed by atoms with Gasteiger partial charge in [-0.2, -0.15) is 0 Å². The minimum Gasteiger partial charge on any atom is -0.298 e. The molecule has 1 heterocycles. The summed E-state index contributed by atoms with van der Waals surface area (Å²) in [4.78, 5) is 26.3. The summed E-state index contributed by atoms with van der Waals surface area (Å²) < 4.78 is 27.4. The number of aromatic nitrogens is 1. The number of hydrogen-bond donors (Lipinski definition) is 2. The van der Waals surface area contributed by atoms with E-state index in [0.29, 0.717) is 5.13 Å². The Morgan fingerprint density at radius 2 is 1.81 bits per heavy atom. The summed E-state index contributed by atoms with van der Waals surface area (Å²) in [6.07, 6.45) is 1.53. The number of hydrogen-bond acceptors (Lipinski definition) is 7. The number of thiazole rings is 1. The Hall–Kier alpha value is -3.31. The fraction of sp³-hybridized carbons (Fsp3) is 0. The molecule has 0 aliphatic rings. The van der Waals surface area contributed by atoms with E-state index < -0.39 is 20.9 Å². The minimum atomic E-state index is -4.04. The van der Waals surface area contributed by atoms with Crippen molar-refractivity contribution in [2.45, 2.75) is 4.90 Å². The molecule has 0 radical (unpaired) electrons. The summed E-state index contributed by atoms with van der Waals surface area (Å²) in [6, 6.07) is 10.5. The van der Waals surface area contributed by atoms with Crippen molar-refractivity contribution in [3.05, 3.63) is 75.8 Å². The highest BCUT2D eigenvalue weighted by Crippen LogP contribution is 2.23. The molecule has 0 bridgehead atoms. The van der Waals surface area contributed by atoms with E-state index in [9.17, 15) is 23.3 Å². The minimum absolute atomic E-state index is 0.0740. The largest absolute Gasteiger partial charge is 0.298 e. The smallest absolute Gasteiger partial charge is 0.269 e. The van der Waals surface area contributed by atoms with Crippen molar-refractivity contribution < 1.29 is 18.1 Å². The van der Waals surface area contributed by atoms with Gasteiger partial charge in [-0.25, -0.2) is 13.4 Å². The Morgan fingerprint density at radius 3 is 2.44 bits per heavy atom. The number of nitrogens with zero attached hydrogens (tertiary/aromatic N) is 2. The lowest BCUT2D eigenvalue weighted by Crippen LogP contribution is -2.18. The standard InChI is InChI=1S/C16H12N4O5S2/c21-15(18-16-17-9-10-26-16)13-3-1-2-4-14(13)19-27(24,25)12-7-5-11(6-8-12)20(22)23/h1-10,19H,(H,17,18,21). The number of nitrogens with one attached hydrogen (secondary N) is 2. The number of benzene rings is 2. The molecule has 27 heavy (non-hydrogen) atoms. The van der Waals surface area contributed by atoms with Crippen LogP contribution in [0.4, 0.5) is 16.5 Å². The number of nitro benzene ring substituents is 1. The lowest BCUT2D eigenvalue weighted by atomic mass is 10.2. The summed E-state index contributed by atoms with van der Waals surface area (Å²) in [5.41, 5.74) is -0.0414. The average Bonchev–Trinajstić information content (AvgIpc) is 3.15. The van der Waals surface area contributed by atoms with Gasteiger partial charge in [-0.1, -0.05) is 12.1 Å². The van der Waals surface area contributed by atoms with Crippen LogP contribution < -0.4 is 10.0 Å². The molecule has 0 unspecified atom stereocenters. The number of nitro groups is 1. The topological polar surface area (TPSA) is 131 Å². The maximum absolute atomic E-state index is 12.6. The third kappa shape index (κ3) is 4.27. The van der Waals surface area contributed by atoms with Crippen LogP contribution in [0.25, 0.3) is 0 Å². The van der Waals surface area contributed by atoms with E-state index in [-0.39, 0.29) is 21.8 Å². The SMILES string of the molecule is O=C(Nc1nccs1)c1ccccc1NS(=O)(=O)c1ccc([N+](=O)[O-])cc1. The predicted molar refractivity (Wildman–Crippen MR) is 100 cm³/mol. The summed E-state index contributed by atoms with van der Waals surface area (Å²) in [7, 11) is -4.04. The first kappa shape index (κ1) is 18.5. The van der Waals surface area contributed by atoms with Gasteiger partial charge >= 0.3 is 0 Å². The third-order valence-corrected chi connectivity index (χ3v) is 5.50. The molecule has 3 rings (SSSR count). The molecular formula is C16H12N4O5S2. The number of carbonyl (C=O) groups excluding carboxylic acids is 1. The van der Waals surface area contributed by atoms with Crippen molar-refractivity contribution in [1.29, 1.82) is 0 Å². The van der Waals surface area contributed by atoms with Crippen LogP contribution >= 0.6 is 11.3 Å². The van der Waals surface area contributed by atoms with E-state index in [2.05, 4.69) is 15.0 Å². The fourth-order valence-electron chi connectivity index (χ4n) is 2.17. The Balaban J connectivity index is 1.86. The van der Waals surface area contributed by atoms with Crippen LogP contribution in [0.5, 0.6) is 0 Å². The van der Waals surface area contributed by atoms with Crippen molar-refractivity contribution >= 4 is 43.8 Å². The first-order valence-corrected chi connectivity index (χ1v) is 9.80. The predicted octanol–water partition coefficient (Wildman–Crippen LogP) is 3.10. The maximum Gasteiger partial charge on any atom is 0.269 e. The van der Waals surface area contributed by atoms with Crippen LogP contribution in [-0.2, 0) is 10.0 Å². The van der Waals surface area contributed by atoms with Gasteiger partial charge in [0.05, 0.1) is 21.1 Å². The molecule has 1 amide bonds. The molecule has 0 saturated heterocycles. The van der Waals surface area contributed by atoms with Gasteiger partial charge in [0, 0.05) is 23.7 Å². The highest BCUT2D eigenvalue weighted by atomic mass is 32.2. The van der Waals surface area contributed by atoms with Gasteiger partial charge in [0.15, 0.2) is 5.13 Å². The molecule has 11 heteroatoms. The molecule has 2 N–H and O–H groups in total. The van der Waals surface area contributed by atoms with E-state index in [4.69, 9.17) is 0 Å². The normalized spacial score (nSPS) is 11.0. The molecule has 0 spiro atoms. The molecule has 3 aromatic rings. The average molecular weight is 404 g/mol. The zero-order chi connectivity index (χ0) is 19.4. The number of non-ortho nitro benzene ring substituents is 1. The Kier molecular flexibility index (Phi) is 5.14. The number of para-hydroxylation sites is 1. The zero-order valence-corrected chi connectivity index (χ0v) is 15.2. The highest BCUT2D eigenvalue weighted by molar-refractivity contribution is 7.92. The van der Waals surface area contributed by atoms with Crippen LogP contribution in [0.1, 0.15) is 10.4 Å². The number of rotatable bonds is 6. The molecule has 0 aliphatic carbocycles. The van der Waals surface area contributed by atoms with Crippen molar-refractivity contribution in [2.75, 3.05) is 10.0 Å². The molecule has 138 valence electrons. The number of amides is 1. The second kappa shape index (κ2) is 7.51. The molecule has 0 fully saturated rings. The number of sulfonamides is 1. The highest BCUT2D eigenvalue weighted by Gasteiger charge is 2.20. The first-order chi connectivity index (χ1) is 12.9.